The fraction of sp³-hybridized carbons (Fsp3) is 0. The molecule has 1 aliphatic heterocycles. The number of para-hydroxylation sites is 2. The highest BCUT2D eigenvalue weighted by Crippen LogP contribution is 2.38. The second kappa shape index (κ2) is 7.67. The number of carbonyl (C=O) groups is 2. The van der Waals surface area contributed by atoms with E-state index in [9.17, 15) is 19.5 Å². The van der Waals surface area contributed by atoms with Crippen molar-refractivity contribution < 1.29 is 14.7 Å². The van der Waals surface area contributed by atoms with Crippen molar-refractivity contribution in [2.45, 2.75) is 0 Å². The number of rotatable bonds is 0. The van der Waals surface area contributed by atoms with Crippen LogP contribution in [-0.2, 0) is 0 Å². The second-order valence-corrected chi connectivity index (χ2v) is 10.1. The predicted octanol–water partition coefficient (Wildman–Crippen LogP) is 4.10. The Morgan fingerprint density at radius 2 is 1.57 bits per heavy atom. The third-order valence-electron chi connectivity index (χ3n) is 7.96. The molecule has 1 aliphatic rings. The first-order valence-corrected chi connectivity index (χ1v) is 13.0. The van der Waals surface area contributed by atoms with Crippen molar-refractivity contribution in [3.8, 4) is 5.88 Å². The number of H-pyrrole nitrogens is 3. The van der Waals surface area contributed by atoms with Crippen molar-refractivity contribution >= 4 is 82.9 Å². The average molecular weight is 553 g/mol. The lowest BCUT2D eigenvalue weighted by molar-refractivity contribution is 0.0880. The maximum atomic E-state index is 12.2. The van der Waals surface area contributed by atoms with Crippen LogP contribution < -0.4 is 10.9 Å². The van der Waals surface area contributed by atoms with Crippen LogP contribution in [0.2, 0.25) is 0 Å². The third-order valence-corrected chi connectivity index (χ3v) is 7.96. The monoisotopic (exact) mass is 552 g/mol. The van der Waals surface area contributed by atoms with Gasteiger partial charge in [-0.3, -0.25) is 29.1 Å². The molecule has 0 radical (unpaired) electrons. The highest BCUT2D eigenvalue weighted by molar-refractivity contribution is 6.35. The molecule has 200 valence electrons. The van der Waals surface area contributed by atoms with Gasteiger partial charge in [0.15, 0.2) is 0 Å². The Morgan fingerprint density at radius 1 is 0.786 bits per heavy atom. The summed E-state index contributed by atoms with van der Waals surface area (Å²) in [5, 5.41) is 16.7. The summed E-state index contributed by atoms with van der Waals surface area (Å²) in [6, 6.07) is 15.4. The highest BCUT2D eigenvalue weighted by atomic mass is 16.3. The number of hydrogen-bond acceptors (Lipinski definition) is 7. The number of imidazole rings is 2. The van der Waals surface area contributed by atoms with Gasteiger partial charge in [0.25, 0.3) is 17.4 Å². The van der Waals surface area contributed by atoms with Gasteiger partial charge in [0.2, 0.25) is 5.88 Å². The summed E-state index contributed by atoms with van der Waals surface area (Å²) >= 11 is 0. The molecule has 6 aromatic heterocycles. The number of benzene rings is 3. The van der Waals surface area contributed by atoms with E-state index in [4.69, 9.17) is 0 Å². The fourth-order valence-electron chi connectivity index (χ4n) is 6.28. The summed E-state index contributed by atoms with van der Waals surface area (Å²) in [6.07, 6.45) is 4.79. The quantitative estimate of drug-likeness (QED) is 0.176. The molecule has 0 unspecified atom stereocenters. The standard InChI is InChI=1S/2C15H8N4O2/c20-14-11-9-5-16-6-19(9)13-10(12(11)15(21)18-14)7-3-1-2-4-8(7)17-13;20-14-9-8-6-3-1-2-4-7(6)18-12(8)13-11(16-5-17-13)10(9)15(21)19-14/h1-6,20H,(H,18,21);1-5,18H,(H,16,17)(H,19,20,21). The summed E-state index contributed by atoms with van der Waals surface area (Å²) in [5.41, 5.74) is 5.59. The molecule has 0 saturated heterocycles. The van der Waals surface area contributed by atoms with Gasteiger partial charge >= 0.3 is 0 Å². The van der Waals surface area contributed by atoms with Gasteiger partial charge in [0, 0.05) is 27.1 Å². The molecule has 9 aromatic rings. The average Bonchev–Trinajstić information content (AvgIpc) is 3.82. The van der Waals surface area contributed by atoms with Crippen molar-refractivity contribution in [3.05, 3.63) is 88.9 Å². The first kappa shape index (κ1) is 22.5. The SMILES string of the molecule is O=C1NC(=O)c2c1c1nc[nH]c1c1[nH]c3ccccc3c21.O=c1[nH]c(O)c2c1c1c3ccccc3nc1n1cncc21. The van der Waals surface area contributed by atoms with Crippen molar-refractivity contribution in [1.82, 2.24) is 39.6 Å². The van der Waals surface area contributed by atoms with E-state index in [2.05, 4.69) is 35.2 Å². The molecule has 5 N–H and O–H groups in total. The zero-order valence-corrected chi connectivity index (χ0v) is 21.3. The van der Waals surface area contributed by atoms with E-state index in [-0.39, 0.29) is 23.3 Å². The topological polar surface area (TPSA) is 174 Å². The van der Waals surface area contributed by atoms with Crippen LogP contribution in [0.1, 0.15) is 20.7 Å². The largest absolute Gasteiger partial charge is 0.494 e. The van der Waals surface area contributed by atoms with Crippen LogP contribution >= 0.6 is 0 Å². The van der Waals surface area contributed by atoms with Crippen LogP contribution in [0.25, 0.3) is 71.1 Å². The van der Waals surface area contributed by atoms with E-state index in [0.717, 1.165) is 43.6 Å². The molecule has 12 heteroatoms. The molecule has 0 aliphatic carbocycles. The zero-order valence-electron chi connectivity index (χ0n) is 21.3. The first-order valence-electron chi connectivity index (χ1n) is 13.0. The Bertz CT molecular complexity index is 2690. The van der Waals surface area contributed by atoms with Crippen LogP contribution in [0, 0.1) is 0 Å². The Labute approximate surface area is 232 Å². The zero-order chi connectivity index (χ0) is 28.3. The summed E-state index contributed by atoms with van der Waals surface area (Å²) < 4.78 is 1.80. The summed E-state index contributed by atoms with van der Waals surface area (Å²) in [7, 11) is 0. The molecule has 2 amide bonds. The smallest absolute Gasteiger partial charge is 0.261 e. The van der Waals surface area contributed by atoms with Crippen molar-refractivity contribution in [2.75, 3.05) is 0 Å². The molecule has 42 heavy (non-hydrogen) atoms. The second-order valence-electron chi connectivity index (χ2n) is 10.1. The molecular weight excluding hydrogens is 536 g/mol. The number of nitrogens with zero attached hydrogens (tertiary/aromatic N) is 4. The van der Waals surface area contributed by atoms with Gasteiger partial charge in [0.05, 0.1) is 56.5 Å². The maximum absolute atomic E-state index is 12.2. The number of nitrogens with one attached hydrogen (secondary N) is 4. The number of carbonyl (C=O) groups excluding carboxylic acids is 2. The van der Waals surface area contributed by atoms with Crippen LogP contribution in [0.3, 0.4) is 0 Å². The Kier molecular flexibility index (Phi) is 4.11. The van der Waals surface area contributed by atoms with Crippen LogP contribution in [0.15, 0.2) is 72.2 Å². The van der Waals surface area contributed by atoms with Crippen LogP contribution in [0.5, 0.6) is 5.88 Å². The maximum Gasteiger partial charge on any atom is 0.261 e. The van der Waals surface area contributed by atoms with Crippen LogP contribution in [-0.4, -0.2) is 51.2 Å². The number of hydrogen-bond donors (Lipinski definition) is 5. The van der Waals surface area contributed by atoms with E-state index in [1.54, 1.807) is 16.9 Å². The van der Waals surface area contributed by atoms with Gasteiger partial charge in [-0.25, -0.2) is 15.0 Å². The molecule has 10 rings (SSSR count). The summed E-state index contributed by atoms with van der Waals surface area (Å²) in [4.78, 5) is 58.3. The number of aromatic nitrogens is 7. The number of imide groups is 1. The number of fused-ring (bicyclic) bond motifs is 16. The van der Waals surface area contributed by atoms with Gasteiger partial charge in [-0.15, -0.1) is 0 Å². The van der Waals surface area contributed by atoms with Gasteiger partial charge < -0.3 is 15.1 Å². The number of pyridine rings is 1. The molecule has 0 atom stereocenters. The number of aromatic amines is 3. The summed E-state index contributed by atoms with van der Waals surface area (Å²) in [5.74, 6) is -0.887. The molecule has 7 heterocycles. The minimum absolute atomic E-state index is 0.132. The fourth-order valence-corrected chi connectivity index (χ4v) is 6.28. The van der Waals surface area contributed by atoms with Gasteiger partial charge in [0.1, 0.15) is 17.5 Å². The van der Waals surface area contributed by atoms with E-state index in [0.29, 0.717) is 38.6 Å². The molecule has 0 spiro atoms. The van der Waals surface area contributed by atoms with Crippen molar-refractivity contribution in [2.24, 2.45) is 0 Å². The van der Waals surface area contributed by atoms with E-state index in [1.165, 1.54) is 6.33 Å². The molecule has 0 saturated carbocycles. The minimum atomic E-state index is -0.390. The number of aromatic hydroxyl groups is 1. The Morgan fingerprint density at radius 3 is 2.45 bits per heavy atom. The first-order chi connectivity index (χ1) is 20.5. The Hall–Kier alpha value is -6.30. The third kappa shape index (κ3) is 2.69. The van der Waals surface area contributed by atoms with Crippen LogP contribution in [0.4, 0.5) is 0 Å². The van der Waals surface area contributed by atoms with Gasteiger partial charge in [-0.05, 0) is 12.1 Å². The molecule has 0 fully saturated rings. The van der Waals surface area contributed by atoms with Gasteiger partial charge in [-0.1, -0.05) is 36.4 Å². The van der Waals surface area contributed by atoms with Crippen molar-refractivity contribution in [1.29, 1.82) is 0 Å². The van der Waals surface area contributed by atoms with Gasteiger partial charge in [-0.2, -0.15) is 0 Å². The highest BCUT2D eigenvalue weighted by Gasteiger charge is 2.34. The van der Waals surface area contributed by atoms with Crippen molar-refractivity contribution in [3.63, 3.8) is 0 Å². The lowest BCUT2D eigenvalue weighted by Gasteiger charge is -2.00. The summed E-state index contributed by atoms with van der Waals surface area (Å²) in [6.45, 7) is 0. The Balaban J connectivity index is 0.000000119. The molecule has 12 nitrogen and oxygen atoms in total. The predicted molar refractivity (Wildman–Crippen MR) is 156 cm³/mol. The molecule has 3 aromatic carbocycles. The lowest BCUT2D eigenvalue weighted by Crippen LogP contribution is -2.20. The molecular formula is C30H16N8O4. The van der Waals surface area contributed by atoms with E-state index < -0.39 is 0 Å². The lowest BCUT2D eigenvalue weighted by atomic mass is 10.0. The number of amides is 2. The normalized spacial score (nSPS) is 13.2. The van der Waals surface area contributed by atoms with E-state index in [1.807, 2.05) is 48.5 Å². The van der Waals surface area contributed by atoms with E-state index >= 15 is 0 Å². The molecule has 0 bridgehead atoms. The minimum Gasteiger partial charge on any atom is -0.494 e.